The van der Waals surface area contributed by atoms with Gasteiger partial charge in [-0.25, -0.2) is 13.2 Å². The lowest BCUT2D eigenvalue weighted by Gasteiger charge is -2.30. The van der Waals surface area contributed by atoms with Gasteiger partial charge in [0.25, 0.3) is 5.91 Å². The Bertz CT molecular complexity index is 774. The number of esters is 1. The third-order valence-corrected chi connectivity index (χ3v) is 6.80. The lowest BCUT2D eigenvalue weighted by Crippen LogP contribution is -2.41. The molecular formula is C19H28N2O5S. The van der Waals surface area contributed by atoms with Crippen LogP contribution in [-0.4, -0.2) is 62.3 Å². The second-order valence-electron chi connectivity index (χ2n) is 6.78. The minimum atomic E-state index is -3.66. The zero-order valence-electron chi connectivity index (χ0n) is 16.2. The molecule has 7 nitrogen and oxygen atoms in total. The molecule has 1 aliphatic heterocycles. The summed E-state index contributed by atoms with van der Waals surface area (Å²) in [6.45, 7) is 7.31. The quantitative estimate of drug-likeness (QED) is 0.659. The fourth-order valence-corrected chi connectivity index (χ4v) is 4.72. The van der Waals surface area contributed by atoms with Gasteiger partial charge in [0.15, 0.2) is 6.61 Å². The van der Waals surface area contributed by atoms with Crippen molar-refractivity contribution in [3.8, 4) is 0 Å². The average molecular weight is 397 g/mol. The van der Waals surface area contributed by atoms with Gasteiger partial charge in [0.05, 0.1) is 10.5 Å². The third-order valence-electron chi connectivity index (χ3n) is 4.75. The van der Waals surface area contributed by atoms with Crippen LogP contribution in [0, 0.1) is 5.92 Å². The molecule has 1 fully saturated rings. The van der Waals surface area contributed by atoms with E-state index < -0.39 is 16.0 Å². The molecule has 1 atom stereocenters. The van der Waals surface area contributed by atoms with Crippen molar-refractivity contribution in [2.75, 3.05) is 32.8 Å². The van der Waals surface area contributed by atoms with Crippen molar-refractivity contribution in [2.45, 2.75) is 38.5 Å². The Morgan fingerprint density at radius 3 is 2.59 bits per heavy atom. The number of ether oxygens (including phenoxy) is 1. The Kier molecular flexibility index (Phi) is 7.38. The molecule has 0 radical (unpaired) electrons. The van der Waals surface area contributed by atoms with E-state index in [1.54, 1.807) is 18.7 Å². The normalized spacial score (nSPS) is 17.8. The van der Waals surface area contributed by atoms with Crippen LogP contribution in [0.1, 0.15) is 44.0 Å². The van der Waals surface area contributed by atoms with Gasteiger partial charge in [-0.2, -0.15) is 4.31 Å². The minimum Gasteiger partial charge on any atom is -0.452 e. The second-order valence-corrected chi connectivity index (χ2v) is 8.72. The monoisotopic (exact) mass is 396 g/mol. The molecular weight excluding hydrogens is 368 g/mol. The van der Waals surface area contributed by atoms with Gasteiger partial charge in [-0.15, -0.1) is 0 Å². The van der Waals surface area contributed by atoms with E-state index in [1.807, 2.05) is 0 Å². The molecule has 27 heavy (non-hydrogen) atoms. The molecule has 1 aromatic carbocycles. The average Bonchev–Trinajstić information content (AvgIpc) is 2.66. The van der Waals surface area contributed by atoms with Crippen LogP contribution in [0.4, 0.5) is 0 Å². The van der Waals surface area contributed by atoms with Crippen LogP contribution < -0.4 is 0 Å². The van der Waals surface area contributed by atoms with Gasteiger partial charge in [-0.1, -0.05) is 26.8 Å². The predicted octanol–water partition coefficient (Wildman–Crippen LogP) is 2.13. The third kappa shape index (κ3) is 5.29. The minimum absolute atomic E-state index is 0.0387. The molecule has 8 heteroatoms. The van der Waals surface area contributed by atoms with Gasteiger partial charge in [0.2, 0.25) is 10.0 Å². The van der Waals surface area contributed by atoms with Gasteiger partial charge >= 0.3 is 5.97 Å². The highest BCUT2D eigenvalue weighted by molar-refractivity contribution is 7.89. The molecule has 0 spiro atoms. The number of likely N-dealkylation sites (tertiary alicyclic amines) is 1. The molecule has 0 bridgehead atoms. The zero-order valence-corrected chi connectivity index (χ0v) is 17.0. The van der Waals surface area contributed by atoms with Crippen molar-refractivity contribution in [3.63, 3.8) is 0 Å². The second kappa shape index (κ2) is 9.32. The highest BCUT2D eigenvalue weighted by Crippen LogP contribution is 2.18. The fourth-order valence-electron chi connectivity index (χ4n) is 3.21. The molecule has 1 saturated heterocycles. The Hall–Kier alpha value is -1.93. The van der Waals surface area contributed by atoms with Crippen LogP contribution in [0.25, 0.3) is 0 Å². The van der Waals surface area contributed by atoms with E-state index in [0.29, 0.717) is 32.1 Å². The molecule has 0 N–H and O–H groups in total. The Balaban J connectivity index is 2.04. The number of carbonyl (C=O) groups excluding carboxylic acids is 2. The Morgan fingerprint density at radius 1 is 1.26 bits per heavy atom. The van der Waals surface area contributed by atoms with Crippen LogP contribution >= 0.6 is 0 Å². The van der Waals surface area contributed by atoms with Crippen molar-refractivity contribution >= 4 is 21.9 Å². The van der Waals surface area contributed by atoms with E-state index in [9.17, 15) is 18.0 Å². The first kappa shape index (κ1) is 21.4. The Labute approximate surface area is 161 Å². The topological polar surface area (TPSA) is 84.0 Å². The summed E-state index contributed by atoms with van der Waals surface area (Å²) in [5.74, 6) is -0.479. The SMILES string of the molecule is CCN(CC)S(=O)(=O)c1cccc(C(=O)OCC(=O)N2CCC[C@@H](C)C2)c1. The van der Waals surface area contributed by atoms with Crippen molar-refractivity contribution in [1.82, 2.24) is 9.21 Å². The first-order valence-electron chi connectivity index (χ1n) is 9.34. The summed E-state index contributed by atoms with van der Waals surface area (Å²) >= 11 is 0. The summed E-state index contributed by atoms with van der Waals surface area (Å²) in [7, 11) is -3.66. The first-order chi connectivity index (χ1) is 12.8. The maximum Gasteiger partial charge on any atom is 0.338 e. The van der Waals surface area contributed by atoms with Crippen molar-refractivity contribution < 1.29 is 22.7 Å². The molecule has 1 aliphatic rings. The number of nitrogens with zero attached hydrogens (tertiary/aromatic N) is 2. The summed E-state index contributed by atoms with van der Waals surface area (Å²) < 4.78 is 31.6. The van der Waals surface area contributed by atoms with E-state index in [2.05, 4.69) is 6.92 Å². The van der Waals surface area contributed by atoms with Crippen LogP contribution in [0.5, 0.6) is 0 Å². The molecule has 1 amide bonds. The lowest BCUT2D eigenvalue weighted by atomic mass is 10.0. The van der Waals surface area contributed by atoms with E-state index in [-0.39, 0.29) is 23.0 Å². The van der Waals surface area contributed by atoms with Gasteiger partial charge in [0, 0.05) is 26.2 Å². The van der Waals surface area contributed by atoms with E-state index >= 15 is 0 Å². The maximum absolute atomic E-state index is 12.6. The van der Waals surface area contributed by atoms with Crippen LogP contribution in [0.3, 0.4) is 0 Å². The number of benzene rings is 1. The van der Waals surface area contributed by atoms with Crippen molar-refractivity contribution in [1.29, 1.82) is 0 Å². The Morgan fingerprint density at radius 2 is 1.96 bits per heavy atom. The van der Waals surface area contributed by atoms with Gasteiger partial charge < -0.3 is 9.64 Å². The maximum atomic E-state index is 12.6. The molecule has 0 aliphatic carbocycles. The van der Waals surface area contributed by atoms with Crippen LogP contribution in [0.2, 0.25) is 0 Å². The molecule has 2 rings (SSSR count). The molecule has 0 aromatic heterocycles. The summed E-state index contributed by atoms with van der Waals surface area (Å²) in [6.07, 6.45) is 2.05. The van der Waals surface area contributed by atoms with Gasteiger partial charge in [-0.3, -0.25) is 4.79 Å². The number of hydrogen-bond acceptors (Lipinski definition) is 5. The van der Waals surface area contributed by atoms with Crippen molar-refractivity contribution in [2.24, 2.45) is 5.92 Å². The van der Waals surface area contributed by atoms with E-state index in [4.69, 9.17) is 4.74 Å². The number of rotatable bonds is 7. The zero-order chi connectivity index (χ0) is 20.0. The number of hydrogen-bond donors (Lipinski definition) is 0. The lowest BCUT2D eigenvalue weighted by molar-refractivity contribution is -0.136. The predicted molar refractivity (Wildman–Crippen MR) is 102 cm³/mol. The fraction of sp³-hybridized carbons (Fsp3) is 0.579. The number of sulfonamides is 1. The summed E-state index contributed by atoms with van der Waals surface area (Å²) in [5, 5.41) is 0. The summed E-state index contributed by atoms with van der Waals surface area (Å²) in [6, 6.07) is 5.73. The number of amides is 1. The van der Waals surface area contributed by atoms with E-state index in [0.717, 1.165) is 12.8 Å². The first-order valence-corrected chi connectivity index (χ1v) is 10.8. The molecule has 0 saturated carbocycles. The summed E-state index contributed by atoms with van der Waals surface area (Å²) in [5.41, 5.74) is 0.114. The van der Waals surface area contributed by atoms with Crippen molar-refractivity contribution in [3.05, 3.63) is 29.8 Å². The highest BCUT2D eigenvalue weighted by Gasteiger charge is 2.24. The van der Waals surface area contributed by atoms with Crippen LogP contribution in [-0.2, 0) is 19.6 Å². The highest BCUT2D eigenvalue weighted by atomic mass is 32.2. The van der Waals surface area contributed by atoms with Gasteiger partial charge in [-0.05, 0) is 37.0 Å². The number of carbonyl (C=O) groups is 2. The molecule has 1 heterocycles. The molecule has 150 valence electrons. The van der Waals surface area contributed by atoms with Gasteiger partial charge in [0.1, 0.15) is 0 Å². The molecule has 0 unspecified atom stereocenters. The largest absolute Gasteiger partial charge is 0.452 e. The van der Waals surface area contributed by atoms with Crippen LogP contribution in [0.15, 0.2) is 29.2 Å². The standard InChI is InChI=1S/C19H28N2O5S/c1-4-21(5-2)27(24,25)17-10-6-9-16(12-17)19(23)26-14-18(22)20-11-7-8-15(3)13-20/h6,9-10,12,15H,4-5,7-8,11,13-14H2,1-3H3/t15-/m1/s1. The molecule has 1 aromatic rings. The summed E-state index contributed by atoms with van der Waals surface area (Å²) in [4.78, 5) is 26.3. The number of piperidine rings is 1. The smallest absolute Gasteiger partial charge is 0.338 e. The van der Waals surface area contributed by atoms with E-state index in [1.165, 1.54) is 28.6 Å².